The zero-order valence-corrected chi connectivity index (χ0v) is 12.7. The van der Waals surface area contributed by atoms with Crippen molar-refractivity contribution in [1.82, 2.24) is 9.80 Å². The van der Waals surface area contributed by atoms with Gasteiger partial charge in [-0.05, 0) is 29.7 Å². The lowest BCUT2D eigenvalue weighted by atomic mass is 10.1. The van der Waals surface area contributed by atoms with Crippen molar-refractivity contribution in [3.8, 4) is 0 Å². The van der Waals surface area contributed by atoms with Gasteiger partial charge in [-0.3, -0.25) is 4.90 Å². The molecule has 1 aromatic carbocycles. The Balaban J connectivity index is 1.87. The second kappa shape index (κ2) is 6.60. The van der Waals surface area contributed by atoms with E-state index in [4.69, 9.17) is 17.3 Å². The number of halogens is 1. The predicted octanol–water partition coefficient (Wildman–Crippen LogP) is 2.70. The van der Waals surface area contributed by atoms with E-state index in [1.54, 1.807) is 0 Å². The van der Waals surface area contributed by atoms with Gasteiger partial charge < -0.3 is 10.6 Å². The summed E-state index contributed by atoms with van der Waals surface area (Å²) in [5.41, 5.74) is 7.99. The van der Waals surface area contributed by atoms with Crippen molar-refractivity contribution in [3.05, 3.63) is 28.8 Å². The highest BCUT2D eigenvalue weighted by molar-refractivity contribution is 6.30. The van der Waals surface area contributed by atoms with Gasteiger partial charge in [0.2, 0.25) is 0 Å². The van der Waals surface area contributed by atoms with E-state index in [2.05, 4.69) is 23.6 Å². The largest absolute Gasteiger partial charge is 0.398 e. The molecule has 3 nitrogen and oxygen atoms in total. The molecule has 2 rings (SSSR count). The summed E-state index contributed by atoms with van der Waals surface area (Å²) in [4.78, 5) is 5.00. The average molecular weight is 282 g/mol. The summed E-state index contributed by atoms with van der Waals surface area (Å²) in [5, 5.41) is 0.766. The molecule has 1 aliphatic rings. The first-order chi connectivity index (χ1) is 9.04. The molecule has 2 N–H and O–H groups in total. The van der Waals surface area contributed by atoms with Crippen LogP contribution in [-0.2, 0) is 6.54 Å². The minimum atomic E-state index is 0.745. The molecule has 1 aliphatic heterocycles. The third-order valence-corrected chi connectivity index (χ3v) is 3.82. The summed E-state index contributed by atoms with van der Waals surface area (Å²) in [7, 11) is 0. The number of nitrogen functional groups attached to an aromatic ring is 1. The number of nitrogens with two attached hydrogens (primary N) is 1. The van der Waals surface area contributed by atoms with E-state index in [9.17, 15) is 0 Å². The van der Waals surface area contributed by atoms with Crippen LogP contribution in [0.1, 0.15) is 19.4 Å². The first kappa shape index (κ1) is 14.6. The topological polar surface area (TPSA) is 32.5 Å². The molecule has 19 heavy (non-hydrogen) atoms. The van der Waals surface area contributed by atoms with Crippen molar-refractivity contribution >= 4 is 17.3 Å². The molecule has 1 fully saturated rings. The lowest BCUT2D eigenvalue weighted by Crippen LogP contribution is -2.46. The van der Waals surface area contributed by atoms with Crippen molar-refractivity contribution in [1.29, 1.82) is 0 Å². The molecule has 0 bridgehead atoms. The van der Waals surface area contributed by atoms with Crippen LogP contribution in [0.3, 0.4) is 0 Å². The Morgan fingerprint density at radius 2 is 1.79 bits per heavy atom. The highest BCUT2D eigenvalue weighted by Gasteiger charge is 2.18. The Labute approximate surface area is 121 Å². The summed E-state index contributed by atoms with van der Waals surface area (Å²) in [6.07, 6.45) is 0. The minimum Gasteiger partial charge on any atom is -0.398 e. The third-order valence-electron chi connectivity index (χ3n) is 3.59. The fraction of sp³-hybridized carbons (Fsp3) is 0.600. The molecule has 0 spiro atoms. The van der Waals surface area contributed by atoms with Crippen molar-refractivity contribution in [2.24, 2.45) is 5.92 Å². The Kier molecular flexibility index (Phi) is 5.08. The smallest absolute Gasteiger partial charge is 0.0410 e. The lowest BCUT2D eigenvalue weighted by Gasteiger charge is -2.35. The molecule has 0 saturated carbocycles. The van der Waals surface area contributed by atoms with Crippen LogP contribution in [0, 0.1) is 5.92 Å². The fourth-order valence-corrected chi connectivity index (χ4v) is 2.79. The van der Waals surface area contributed by atoms with E-state index >= 15 is 0 Å². The SMILES string of the molecule is CC(C)CN1CCN(Cc2cc(Cl)ccc2N)CC1. The molecule has 0 aliphatic carbocycles. The Hall–Kier alpha value is -0.770. The number of hydrogen-bond acceptors (Lipinski definition) is 3. The second-order valence-electron chi connectivity index (χ2n) is 5.81. The Morgan fingerprint density at radius 1 is 1.16 bits per heavy atom. The van der Waals surface area contributed by atoms with Gasteiger partial charge in [-0.25, -0.2) is 0 Å². The number of benzene rings is 1. The highest BCUT2D eigenvalue weighted by atomic mass is 35.5. The normalized spacial score (nSPS) is 18.1. The van der Waals surface area contributed by atoms with Gasteiger partial charge in [0.25, 0.3) is 0 Å². The van der Waals surface area contributed by atoms with Gasteiger partial charge in [-0.2, -0.15) is 0 Å². The third kappa shape index (κ3) is 4.37. The van der Waals surface area contributed by atoms with Gasteiger partial charge >= 0.3 is 0 Å². The van der Waals surface area contributed by atoms with E-state index in [0.717, 1.165) is 54.9 Å². The van der Waals surface area contributed by atoms with Crippen LogP contribution in [0.4, 0.5) is 5.69 Å². The zero-order valence-electron chi connectivity index (χ0n) is 11.9. The van der Waals surface area contributed by atoms with Gasteiger partial charge in [-0.1, -0.05) is 25.4 Å². The molecular weight excluding hydrogens is 258 g/mol. The monoisotopic (exact) mass is 281 g/mol. The van der Waals surface area contributed by atoms with Crippen LogP contribution < -0.4 is 5.73 Å². The number of nitrogens with zero attached hydrogens (tertiary/aromatic N) is 2. The van der Waals surface area contributed by atoms with Crippen LogP contribution in [0.25, 0.3) is 0 Å². The quantitative estimate of drug-likeness (QED) is 0.862. The van der Waals surface area contributed by atoms with Crippen LogP contribution in [0.2, 0.25) is 5.02 Å². The van der Waals surface area contributed by atoms with Gasteiger partial charge in [0, 0.05) is 50.0 Å². The molecule has 0 aromatic heterocycles. The number of hydrogen-bond donors (Lipinski definition) is 1. The van der Waals surface area contributed by atoms with Gasteiger partial charge in [0.15, 0.2) is 0 Å². The van der Waals surface area contributed by atoms with Crippen molar-refractivity contribution in [2.75, 3.05) is 38.5 Å². The maximum absolute atomic E-state index is 6.03. The zero-order chi connectivity index (χ0) is 13.8. The van der Waals surface area contributed by atoms with Gasteiger partial charge in [0.05, 0.1) is 0 Å². The van der Waals surface area contributed by atoms with E-state index in [-0.39, 0.29) is 0 Å². The number of anilines is 1. The lowest BCUT2D eigenvalue weighted by molar-refractivity contribution is 0.117. The van der Waals surface area contributed by atoms with Gasteiger partial charge in [0.1, 0.15) is 0 Å². The molecule has 0 atom stereocenters. The fourth-order valence-electron chi connectivity index (χ4n) is 2.60. The summed E-state index contributed by atoms with van der Waals surface area (Å²) in [5.74, 6) is 0.745. The first-order valence-electron chi connectivity index (χ1n) is 7.03. The summed E-state index contributed by atoms with van der Waals surface area (Å²) in [6.45, 7) is 11.2. The molecular formula is C15H24ClN3. The van der Waals surface area contributed by atoms with Crippen LogP contribution in [0.15, 0.2) is 18.2 Å². The predicted molar refractivity (Wildman–Crippen MR) is 82.4 cm³/mol. The first-order valence-corrected chi connectivity index (χ1v) is 7.41. The highest BCUT2D eigenvalue weighted by Crippen LogP contribution is 2.20. The molecule has 0 amide bonds. The number of piperazine rings is 1. The molecule has 1 heterocycles. The van der Waals surface area contributed by atoms with Crippen molar-refractivity contribution in [3.63, 3.8) is 0 Å². The summed E-state index contributed by atoms with van der Waals surface area (Å²) in [6, 6.07) is 5.73. The van der Waals surface area contributed by atoms with Crippen LogP contribution in [-0.4, -0.2) is 42.5 Å². The Morgan fingerprint density at radius 3 is 2.42 bits per heavy atom. The average Bonchev–Trinajstić information content (AvgIpc) is 2.35. The molecule has 4 heteroatoms. The molecule has 0 unspecified atom stereocenters. The van der Waals surface area contributed by atoms with E-state index in [1.807, 2.05) is 18.2 Å². The maximum atomic E-state index is 6.03. The second-order valence-corrected chi connectivity index (χ2v) is 6.25. The Bertz CT molecular complexity index is 412. The standard InChI is InChI=1S/C15H24ClN3/c1-12(2)10-18-5-7-19(8-6-18)11-13-9-14(16)3-4-15(13)17/h3-4,9,12H,5-8,10-11,17H2,1-2H3. The van der Waals surface area contributed by atoms with Gasteiger partial charge in [-0.15, -0.1) is 0 Å². The maximum Gasteiger partial charge on any atom is 0.0410 e. The van der Waals surface area contributed by atoms with E-state index in [0.29, 0.717) is 0 Å². The number of rotatable bonds is 4. The molecule has 1 aromatic rings. The van der Waals surface area contributed by atoms with Crippen molar-refractivity contribution < 1.29 is 0 Å². The molecule has 106 valence electrons. The minimum absolute atomic E-state index is 0.745. The van der Waals surface area contributed by atoms with E-state index < -0.39 is 0 Å². The molecule has 0 radical (unpaired) electrons. The summed E-state index contributed by atoms with van der Waals surface area (Å²) >= 11 is 6.03. The van der Waals surface area contributed by atoms with Crippen molar-refractivity contribution in [2.45, 2.75) is 20.4 Å². The summed E-state index contributed by atoms with van der Waals surface area (Å²) < 4.78 is 0. The van der Waals surface area contributed by atoms with Crippen LogP contribution in [0.5, 0.6) is 0 Å². The van der Waals surface area contributed by atoms with Crippen LogP contribution >= 0.6 is 11.6 Å². The molecule has 1 saturated heterocycles. The van der Waals surface area contributed by atoms with E-state index in [1.165, 1.54) is 6.54 Å².